The van der Waals surface area contributed by atoms with Crippen molar-refractivity contribution in [3.05, 3.63) is 34.4 Å². The maximum atomic E-state index is 12.4. The molecule has 2 bridgehead atoms. The number of hydrogen-bond acceptors (Lipinski definition) is 4. The Bertz CT molecular complexity index is 612. The maximum Gasteiger partial charge on any atom is 0.271 e. The molecule has 2 aliphatic carbocycles. The second-order valence-corrected chi connectivity index (χ2v) is 6.19. The van der Waals surface area contributed by atoms with Crippen molar-refractivity contribution in [2.24, 2.45) is 17.8 Å². The largest absolute Gasteiger partial charge is 0.326 e. The lowest BCUT2D eigenvalue weighted by molar-refractivity contribution is -0.384. The van der Waals surface area contributed by atoms with Gasteiger partial charge in [-0.3, -0.25) is 19.7 Å². The van der Waals surface area contributed by atoms with Gasteiger partial charge >= 0.3 is 0 Å². The summed E-state index contributed by atoms with van der Waals surface area (Å²) in [7, 11) is 0. The Kier molecular flexibility index (Phi) is 3.92. The lowest BCUT2D eigenvalue weighted by Crippen LogP contribution is -2.40. The number of nitro groups is 1. The molecule has 116 valence electrons. The topological polar surface area (TPSA) is 89.3 Å². The van der Waals surface area contributed by atoms with Crippen molar-refractivity contribution < 1.29 is 14.5 Å². The van der Waals surface area contributed by atoms with Gasteiger partial charge in [0.2, 0.25) is 5.91 Å². The predicted molar refractivity (Wildman–Crippen MR) is 80.3 cm³/mol. The number of carbonyl (C=O) groups is 2. The zero-order valence-corrected chi connectivity index (χ0v) is 12.2. The van der Waals surface area contributed by atoms with Gasteiger partial charge in [-0.1, -0.05) is 12.5 Å². The Labute approximate surface area is 128 Å². The van der Waals surface area contributed by atoms with Crippen LogP contribution in [0.1, 0.15) is 32.1 Å². The van der Waals surface area contributed by atoms with Gasteiger partial charge in [0.25, 0.3) is 5.69 Å². The lowest BCUT2D eigenvalue weighted by Gasteiger charge is -2.36. The maximum absolute atomic E-state index is 12.4. The zero-order valence-electron chi connectivity index (χ0n) is 12.2. The third-order valence-corrected chi connectivity index (χ3v) is 4.74. The van der Waals surface area contributed by atoms with Gasteiger partial charge in [0.05, 0.1) is 4.92 Å². The van der Waals surface area contributed by atoms with E-state index < -0.39 is 4.92 Å². The highest BCUT2D eigenvalue weighted by molar-refractivity contribution is 5.95. The number of nitrogens with zero attached hydrogens (tertiary/aromatic N) is 1. The SMILES string of the molecule is O=C(Nc1cccc([N+](=O)[O-])c1)C1CC2CCCC(C1)C2=O. The highest BCUT2D eigenvalue weighted by atomic mass is 16.6. The van der Waals surface area contributed by atoms with E-state index in [2.05, 4.69) is 5.32 Å². The van der Waals surface area contributed by atoms with Crippen LogP contribution >= 0.6 is 0 Å². The summed E-state index contributed by atoms with van der Waals surface area (Å²) >= 11 is 0. The number of rotatable bonds is 3. The summed E-state index contributed by atoms with van der Waals surface area (Å²) in [5.74, 6) is 0.0597. The van der Waals surface area contributed by atoms with Gasteiger partial charge in [-0.15, -0.1) is 0 Å². The van der Waals surface area contributed by atoms with Crippen LogP contribution in [0, 0.1) is 27.9 Å². The molecule has 6 nitrogen and oxygen atoms in total. The van der Waals surface area contributed by atoms with E-state index in [0.29, 0.717) is 24.3 Å². The fourth-order valence-electron chi connectivity index (χ4n) is 3.64. The first-order chi connectivity index (χ1) is 10.5. The number of nitro benzene ring substituents is 1. The van der Waals surface area contributed by atoms with Gasteiger partial charge in [0.1, 0.15) is 5.78 Å². The van der Waals surface area contributed by atoms with Crippen LogP contribution in [-0.4, -0.2) is 16.6 Å². The Morgan fingerprint density at radius 3 is 2.55 bits per heavy atom. The van der Waals surface area contributed by atoms with Gasteiger partial charge < -0.3 is 5.32 Å². The number of hydrogen-bond donors (Lipinski definition) is 1. The summed E-state index contributed by atoms with van der Waals surface area (Å²) in [6, 6.07) is 5.93. The van der Waals surface area contributed by atoms with Crippen LogP contribution in [0.2, 0.25) is 0 Å². The Morgan fingerprint density at radius 1 is 1.23 bits per heavy atom. The molecule has 0 saturated heterocycles. The highest BCUT2D eigenvalue weighted by Gasteiger charge is 2.41. The van der Waals surface area contributed by atoms with E-state index in [9.17, 15) is 19.7 Å². The molecule has 2 atom stereocenters. The second-order valence-electron chi connectivity index (χ2n) is 6.19. The normalized spacial score (nSPS) is 27.3. The van der Waals surface area contributed by atoms with E-state index in [-0.39, 0.29) is 29.3 Å². The molecular formula is C16H18N2O4. The number of carbonyl (C=O) groups excluding carboxylic acids is 2. The minimum absolute atomic E-state index is 0.0216. The number of fused-ring (bicyclic) bond motifs is 2. The monoisotopic (exact) mass is 302 g/mol. The van der Waals surface area contributed by atoms with Crippen molar-refractivity contribution in [3.63, 3.8) is 0 Å². The average molecular weight is 302 g/mol. The summed E-state index contributed by atoms with van der Waals surface area (Å²) in [5.41, 5.74) is 0.384. The van der Waals surface area contributed by atoms with Crippen LogP contribution in [0.3, 0.4) is 0 Å². The number of amides is 1. The number of Topliss-reactive ketones (excluding diaryl/α,β-unsaturated/α-hetero) is 1. The summed E-state index contributed by atoms with van der Waals surface area (Å²) < 4.78 is 0. The molecule has 0 aromatic heterocycles. The van der Waals surface area contributed by atoms with E-state index in [0.717, 1.165) is 19.3 Å². The summed E-state index contributed by atoms with van der Waals surface area (Å²) in [4.78, 5) is 34.7. The van der Waals surface area contributed by atoms with Crippen LogP contribution < -0.4 is 5.32 Å². The molecule has 1 N–H and O–H groups in total. The number of non-ortho nitro benzene ring substituents is 1. The number of nitrogens with one attached hydrogen (secondary N) is 1. The van der Waals surface area contributed by atoms with Gasteiger partial charge in [-0.05, 0) is 31.7 Å². The second kappa shape index (κ2) is 5.87. The van der Waals surface area contributed by atoms with E-state index in [1.165, 1.54) is 12.1 Å². The van der Waals surface area contributed by atoms with Gasteiger partial charge in [0.15, 0.2) is 0 Å². The lowest BCUT2D eigenvalue weighted by atomic mass is 9.67. The van der Waals surface area contributed by atoms with Crippen molar-refractivity contribution >= 4 is 23.1 Å². The van der Waals surface area contributed by atoms with Crippen molar-refractivity contribution in [2.75, 3.05) is 5.32 Å². The Hall–Kier alpha value is -2.24. The molecule has 1 aromatic rings. The minimum Gasteiger partial charge on any atom is -0.326 e. The van der Waals surface area contributed by atoms with Crippen LogP contribution in [0.25, 0.3) is 0 Å². The first-order valence-electron chi connectivity index (χ1n) is 7.63. The first kappa shape index (κ1) is 14.7. The summed E-state index contributed by atoms with van der Waals surface area (Å²) in [6.45, 7) is 0. The third kappa shape index (κ3) is 2.86. The van der Waals surface area contributed by atoms with E-state index >= 15 is 0 Å². The summed E-state index contributed by atoms with van der Waals surface area (Å²) in [6.07, 6.45) is 4.05. The van der Waals surface area contributed by atoms with Gasteiger partial charge in [-0.2, -0.15) is 0 Å². The molecule has 3 rings (SSSR count). The minimum atomic E-state index is -0.487. The molecule has 2 fully saturated rings. The van der Waals surface area contributed by atoms with Crippen molar-refractivity contribution in [1.29, 1.82) is 0 Å². The van der Waals surface area contributed by atoms with Crippen molar-refractivity contribution in [3.8, 4) is 0 Å². The van der Waals surface area contributed by atoms with Crippen molar-refractivity contribution in [2.45, 2.75) is 32.1 Å². The van der Waals surface area contributed by atoms with E-state index in [1.807, 2.05) is 0 Å². The fourth-order valence-corrected chi connectivity index (χ4v) is 3.64. The molecule has 1 amide bonds. The van der Waals surface area contributed by atoms with Crippen molar-refractivity contribution in [1.82, 2.24) is 0 Å². The first-order valence-corrected chi connectivity index (χ1v) is 7.63. The molecule has 0 heterocycles. The molecule has 2 saturated carbocycles. The number of anilines is 1. The molecule has 2 unspecified atom stereocenters. The molecule has 0 radical (unpaired) electrons. The standard InChI is InChI=1S/C16H18N2O4/c19-15-10-3-1-4-11(15)8-12(7-10)16(20)17-13-5-2-6-14(9-13)18(21)22/h2,5-6,9-12H,1,3-4,7-8H2,(H,17,20). The molecule has 0 aliphatic heterocycles. The quantitative estimate of drug-likeness (QED) is 0.686. The Balaban J connectivity index is 1.68. The number of ketones is 1. The van der Waals surface area contributed by atoms with Crippen LogP contribution in [-0.2, 0) is 9.59 Å². The predicted octanol–water partition coefficient (Wildman–Crippen LogP) is 2.93. The average Bonchev–Trinajstić information content (AvgIpc) is 2.47. The van der Waals surface area contributed by atoms with Crippen LogP contribution in [0.4, 0.5) is 11.4 Å². The molecule has 0 spiro atoms. The molecule has 2 aliphatic rings. The summed E-state index contributed by atoms with van der Waals surface area (Å²) in [5, 5.41) is 13.5. The van der Waals surface area contributed by atoms with Crippen LogP contribution in [0.5, 0.6) is 0 Å². The molecule has 22 heavy (non-hydrogen) atoms. The smallest absolute Gasteiger partial charge is 0.271 e. The third-order valence-electron chi connectivity index (χ3n) is 4.74. The Morgan fingerprint density at radius 2 is 1.91 bits per heavy atom. The van der Waals surface area contributed by atoms with Crippen LogP contribution in [0.15, 0.2) is 24.3 Å². The molecule has 6 heteroatoms. The number of benzene rings is 1. The fraction of sp³-hybridized carbons (Fsp3) is 0.500. The van der Waals surface area contributed by atoms with E-state index in [4.69, 9.17) is 0 Å². The zero-order chi connectivity index (χ0) is 15.7. The van der Waals surface area contributed by atoms with Gasteiger partial charge in [0, 0.05) is 35.6 Å². The highest BCUT2D eigenvalue weighted by Crippen LogP contribution is 2.40. The van der Waals surface area contributed by atoms with E-state index in [1.54, 1.807) is 12.1 Å². The molecule has 1 aromatic carbocycles. The molecular weight excluding hydrogens is 284 g/mol. The van der Waals surface area contributed by atoms with Gasteiger partial charge in [-0.25, -0.2) is 0 Å².